The second kappa shape index (κ2) is 5.17. The van der Waals surface area contributed by atoms with Crippen LogP contribution in [-0.2, 0) is 6.54 Å². The summed E-state index contributed by atoms with van der Waals surface area (Å²) < 4.78 is 0. The van der Waals surface area contributed by atoms with E-state index in [0.29, 0.717) is 11.2 Å². The standard InChI is InChI=1S/C13H21NO/c1-4-13(2,3)10-14-9-11-5-7-12(15)8-6-11/h5-8,14-15H,4,9-10H2,1-3H3. The number of phenolic OH excluding ortho intramolecular Hbond substituents is 1. The first-order valence-electron chi connectivity index (χ1n) is 5.52. The number of phenols is 1. The summed E-state index contributed by atoms with van der Waals surface area (Å²) in [5, 5.41) is 12.6. The van der Waals surface area contributed by atoms with Gasteiger partial charge in [0.05, 0.1) is 0 Å². The van der Waals surface area contributed by atoms with Crippen molar-refractivity contribution in [2.45, 2.75) is 33.7 Å². The number of benzene rings is 1. The molecule has 0 fully saturated rings. The number of rotatable bonds is 5. The molecule has 0 spiro atoms. The van der Waals surface area contributed by atoms with E-state index in [0.717, 1.165) is 13.1 Å². The van der Waals surface area contributed by atoms with Crippen LogP contribution in [-0.4, -0.2) is 11.7 Å². The largest absolute Gasteiger partial charge is 0.508 e. The molecule has 15 heavy (non-hydrogen) atoms. The van der Waals surface area contributed by atoms with Crippen molar-refractivity contribution in [1.29, 1.82) is 0 Å². The predicted molar refractivity (Wildman–Crippen MR) is 63.9 cm³/mol. The molecule has 0 unspecified atom stereocenters. The summed E-state index contributed by atoms with van der Waals surface area (Å²) in [7, 11) is 0. The number of aromatic hydroxyl groups is 1. The highest BCUT2D eigenvalue weighted by Crippen LogP contribution is 2.18. The van der Waals surface area contributed by atoms with Crippen LogP contribution in [0.1, 0.15) is 32.8 Å². The van der Waals surface area contributed by atoms with E-state index in [4.69, 9.17) is 5.11 Å². The van der Waals surface area contributed by atoms with Crippen LogP contribution < -0.4 is 5.32 Å². The van der Waals surface area contributed by atoms with Gasteiger partial charge in [0, 0.05) is 13.1 Å². The second-order valence-electron chi connectivity index (χ2n) is 4.79. The summed E-state index contributed by atoms with van der Waals surface area (Å²) >= 11 is 0. The summed E-state index contributed by atoms with van der Waals surface area (Å²) in [6, 6.07) is 7.34. The molecule has 0 amide bonds. The molecule has 2 heteroatoms. The molecule has 0 aliphatic heterocycles. The van der Waals surface area contributed by atoms with Gasteiger partial charge in [-0.15, -0.1) is 0 Å². The van der Waals surface area contributed by atoms with E-state index >= 15 is 0 Å². The predicted octanol–water partition coefficient (Wildman–Crippen LogP) is 2.92. The molecule has 0 aliphatic rings. The second-order valence-corrected chi connectivity index (χ2v) is 4.79. The fourth-order valence-electron chi connectivity index (χ4n) is 1.28. The minimum absolute atomic E-state index is 0.327. The molecule has 1 aromatic rings. The van der Waals surface area contributed by atoms with Gasteiger partial charge in [0.2, 0.25) is 0 Å². The Kier molecular flexibility index (Phi) is 4.15. The van der Waals surface area contributed by atoms with Crippen LogP contribution in [0, 0.1) is 5.41 Å². The number of hydrogen-bond acceptors (Lipinski definition) is 2. The molecule has 0 saturated carbocycles. The Balaban J connectivity index is 2.35. The average Bonchev–Trinajstić information content (AvgIpc) is 2.21. The lowest BCUT2D eigenvalue weighted by Gasteiger charge is -2.22. The van der Waals surface area contributed by atoms with Gasteiger partial charge in [-0.1, -0.05) is 32.9 Å². The van der Waals surface area contributed by atoms with E-state index < -0.39 is 0 Å². The van der Waals surface area contributed by atoms with E-state index in [1.54, 1.807) is 12.1 Å². The first-order valence-corrected chi connectivity index (χ1v) is 5.52. The monoisotopic (exact) mass is 207 g/mol. The first-order chi connectivity index (χ1) is 7.03. The summed E-state index contributed by atoms with van der Waals surface area (Å²) in [5.74, 6) is 0.327. The molecule has 2 N–H and O–H groups in total. The Bertz CT molecular complexity index is 290. The normalized spacial score (nSPS) is 11.7. The topological polar surface area (TPSA) is 32.3 Å². The zero-order valence-corrected chi connectivity index (χ0v) is 9.88. The average molecular weight is 207 g/mol. The molecule has 0 bridgehead atoms. The van der Waals surface area contributed by atoms with Crippen molar-refractivity contribution < 1.29 is 5.11 Å². The van der Waals surface area contributed by atoms with Crippen LogP contribution in [0.15, 0.2) is 24.3 Å². The van der Waals surface area contributed by atoms with Crippen molar-refractivity contribution in [3.63, 3.8) is 0 Å². The summed E-state index contributed by atoms with van der Waals surface area (Å²) in [6.45, 7) is 8.62. The van der Waals surface area contributed by atoms with Gasteiger partial charge in [-0.05, 0) is 29.5 Å². The van der Waals surface area contributed by atoms with Crippen molar-refractivity contribution in [2.75, 3.05) is 6.54 Å². The Hall–Kier alpha value is -1.02. The van der Waals surface area contributed by atoms with Crippen LogP contribution in [0.5, 0.6) is 5.75 Å². The SMILES string of the molecule is CCC(C)(C)CNCc1ccc(O)cc1. The van der Waals surface area contributed by atoms with Gasteiger partial charge in [0.25, 0.3) is 0 Å². The Morgan fingerprint density at radius 3 is 2.33 bits per heavy atom. The van der Waals surface area contributed by atoms with Crippen LogP contribution >= 0.6 is 0 Å². The lowest BCUT2D eigenvalue weighted by molar-refractivity contribution is 0.327. The minimum Gasteiger partial charge on any atom is -0.508 e. The van der Waals surface area contributed by atoms with E-state index in [2.05, 4.69) is 26.1 Å². The zero-order chi connectivity index (χ0) is 11.3. The molecule has 1 aromatic carbocycles. The van der Waals surface area contributed by atoms with E-state index in [-0.39, 0.29) is 0 Å². The maximum Gasteiger partial charge on any atom is 0.115 e. The molecule has 2 nitrogen and oxygen atoms in total. The van der Waals surface area contributed by atoms with Gasteiger partial charge in [-0.2, -0.15) is 0 Å². The van der Waals surface area contributed by atoms with Gasteiger partial charge >= 0.3 is 0 Å². The lowest BCUT2D eigenvalue weighted by Crippen LogP contribution is -2.28. The van der Waals surface area contributed by atoms with E-state index in [9.17, 15) is 0 Å². The van der Waals surface area contributed by atoms with Crippen molar-refractivity contribution in [2.24, 2.45) is 5.41 Å². The van der Waals surface area contributed by atoms with Crippen LogP contribution in [0.25, 0.3) is 0 Å². The highest BCUT2D eigenvalue weighted by atomic mass is 16.3. The molecule has 0 radical (unpaired) electrons. The van der Waals surface area contributed by atoms with Crippen LogP contribution in [0.2, 0.25) is 0 Å². The Morgan fingerprint density at radius 1 is 1.20 bits per heavy atom. The van der Waals surface area contributed by atoms with Crippen molar-refractivity contribution in [3.8, 4) is 5.75 Å². The van der Waals surface area contributed by atoms with Gasteiger partial charge in [-0.25, -0.2) is 0 Å². The highest BCUT2D eigenvalue weighted by Gasteiger charge is 2.13. The molecular formula is C13H21NO. The third kappa shape index (κ3) is 4.34. The molecule has 0 aliphatic carbocycles. The van der Waals surface area contributed by atoms with Crippen molar-refractivity contribution in [3.05, 3.63) is 29.8 Å². The van der Waals surface area contributed by atoms with Crippen molar-refractivity contribution in [1.82, 2.24) is 5.32 Å². The van der Waals surface area contributed by atoms with Gasteiger partial charge in [0.15, 0.2) is 0 Å². The Labute approximate surface area is 92.3 Å². The van der Waals surface area contributed by atoms with Crippen molar-refractivity contribution >= 4 is 0 Å². The highest BCUT2D eigenvalue weighted by molar-refractivity contribution is 5.25. The molecule has 84 valence electrons. The van der Waals surface area contributed by atoms with Gasteiger partial charge in [-0.3, -0.25) is 0 Å². The fraction of sp³-hybridized carbons (Fsp3) is 0.538. The Morgan fingerprint density at radius 2 is 1.80 bits per heavy atom. The lowest BCUT2D eigenvalue weighted by atomic mass is 9.90. The van der Waals surface area contributed by atoms with Gasteiger partial charge in [0.1, 0.15) is 5.75 Å². The summed E-state index contributed by atoms with van der Waals surface area (Å²) in [5.41, 5.74) is 1.57. The van der Waals surface area contributed by atoms with Crippen LogP contribution in [0.4, 0.5) is 0 Å². The fourth-order valence-corrected chi connectivity index (χ4v) is 1.28. The van der Waals surface area contributed by atoms with E-state index in [1.807, 2.05) is 12.1 Å². The smallest absolute Gasteiger partial charge is 0.115 e. The molecule has 0 atom stereocenters. The summed E-state index contributed by atoms with van der Waals surface area (Å²) in [6.07, 6.45) is 1.18. The third-order valence-corrected chi connectivity index (χ3v) is 2.83. The number of hydrogen-bond donors (Lipinski definition) is 2. The number of nitrogens with one attached hydrogen (secondary N) is 1. The maximum atomic E-state index is 9.13. The summed E-state index contributed by atoms with van der Waals surface area (Å²) in [4.78, 5) is 0. The third-order valence-electron chi connectivity index (χ3n) is 2.83. The maximum absolute atomic E-state index is 9.13. The molecule has 0 heterocycles. The van der Waals surface area contributed by atoms with Crippen LogP contribution in [0.3, 0.4) is 0 Å². The molecular weight excluding hydrogens is 186 g/mol. The van der Waals surface area contributed by atoms with Gasteiger partial charge < -0.3 is 10.4 Å². The minimum atomic E-state index is 0.327. The molecule has 1 rings (SSSR count). The first kappa shape index (κ1) is 12.1. The molecule has 0 aromatic heterocycles. The molecule has 0 saturated heterocycles. The zero-order valence-electron chi connectivity index (χ0n) is 9.88. The quantitative estimate of drug-likeness (QED) is 0.778. The van der Waals surface area contributed by atoms with E-state index in [1.165, 1.54) is 12.0 Å².